The number of nitrogens with one attached hydrogen (secondary N) is 1. The molecule has 2 aromatic heterocycles. The highest BCUT2D eigenvalue weighted by molar-refractivity contribution is 6.31. The number of nitrogens with zero attached hydrogens (tertiary/aromatic N) is 3. The maximum atomic E-state index is 5.94. The third-order valence-corrected chi connectivity index (χ3v) is 2.78. The summed E-state index contributed by atoms with van der Waals surface area (Å²) in [5.74, 6) is 0.605. The first kappa shape index (κ1) is 11.0. The van der Waals surface area contributed by atoms with Crippen molar-refractivity contribution in [3.63, 3.8) is 0 Å². The molecule has 3 rings (SSSR count). The Morgan fingerprint density at radius 2 is 2.17 bits per heavy atom. The van der Waals surface area contributed by atoms with Gasteiger partial charge >= 0.3 is 0 Å². The summed E-state index contributed by atoms with van der Waals surface area (Å²) in [5, 5.41) is 8.66. The van der Waals surface area contributed by atoms with Gasteiger partial charge in [-0.3, -0.25) is 4.98 Å². The van der Waals surface area contributed by atoms with Crippen LogP contribution in [0, 0.1) is 0 Å². The minimum atomic E-state index is 0.498. The van der Waals surface area contributed by atoms with E-state index in [1.165, 1.54) is 6.39 Å². The third kappa shape index (κ3) is 2.12. The lowest BCUT2D eigenvalue weighted by atomic mass is 10.2. The van der Waals surface area contributed by atoms with Crippen molar-refractivity contribution in [3.8, 4) is 0 Å². The van der Waals surface area contributed by atoms with Gasteiger partial charge in [-0.2, -0.15) is 4.98 Å². The Labute approximate surface area is 108 Å². The molecule has 0 fully saturated rings. The van der Waals surface area contributed by atoms with Crippen molar-refractivity contribution in [2.45, 2.75) is 6.54 Å². The van der Waals surface area contributed by atoms with E-state index in [9.17, 15) is 0 Å². The molecule has 3 aromatic rings. The van der Waals surface area contributed by atoms with E-state index in [1.807, 2.05) is 24.3 Å². The molecule has 0 amide bonds. The zero-order chi connectivity index (χ0) is 12.4. The smallest absolute Gasteiger partial charge is 0.213 e. The van der Waals surface area contributed by atoms with Crippen LogP contribution in [0.15, 0.2) is 41.4 Å². The average molecular weight is 261 g/mol. The van der Waals surface area contributed by atoms with Crippen LogP contribution in [0.3, 0.4) is 0 Å². The predicted molar refractivity (Wildman–Crippen MR) is 68.4 cm³/mol. The molecule has 6 heteroatoms. The first-order chi connectivity index (χ1) is 8.83. The van der Waals surface area contributed by atoms with E-state index in [2.05, 4.69) is 25.0 Å². The van der Waals surface area contributed by atoms with Crippen LogP contribution in [0.25, 0.3) is 10.9 Å². The Balaban J connectivity index is 1.92. The Morgan fingerprint density at radius 3 is 3.00 bits per heavy atom. The van der Waals surface area contributed by atoms with Crippen LogP contribution < -0.4 is 5.32 Å². The Kier molecular flexibility index (Phi) is 2.82. The van der Waals surface area contributed by atoms with Crippen LogP contribution in [0.5, 0.6) is 0 Å². The molecule has 90 valence electrons. The number of fused-ring (bicyclic) bond motifs is 1. The maximum Gasteiger partial charge on any atom is 0.213 e. The first-order valence-electron chi connectivity index (χ1n) is 5.36. The molecule has 5 nitrogen and oxygen atoms in total. The van der Waals surface area contributed by atoms with Gasteiger partial charge in [-0.25, -0.2) is 0 Å². The molecule has 1 N–H and O–H groups in total. The minimum Gasteiger partial charge on any atom is -0.377 e. The molecule has 0 aliphatic heterocycles. The highest BCUT2D eigenvalue weighted by Gasteiger charge is 2.04. The highest BCUT2D eigenvalue weighted by atomic mass is 35.5. The van der Waals surface area contributed by atoms with Gasteiger partial charge in [0, 0.05) is 22.3 Å². The van der Waals surface area contributed by atoms with E-state index in [0.29, 0.717) is 17.4 Å². The molecule has 18 heavy (non-hydrogen) atoms. The normalized spacial score (nSPS) is 10.7. The molecule has 0 atom stereocenters. The fourth-order valence-corrected chi connectivity index (χ4v) is 1.89. The summed E-state index contributed by atoms with van der Waals surface area (Å²) in [5.41, 5.74) is 1.81. The Bertz CT molecular complexity index is 669. The molecule has 0 aliphatic rings. The minimum absolute atomic E-state index is 0.498. The zero-order valence-corrected chi connectivity index (χ0v) is 10.1. The van der Waals surface area contributed by atoms with Gasteiger partial charge in [0.05, 0.1) is 12.1 Å². The number of hydrogen-bond donors (Lipinski definition) is 1. The van der Waals surface area contributed by atoms with Gasteiger partial charge in [-0.1, -0.05) is 16.8 Å². The summed E-state index contributed by atoms with van der Waals surface area (Å²) in [6, 6.07) is 7.50. The molecule has 0 bridgehead atoms. The molecule has 0 saturated heterocycles. The number of aromatic nitrogens is 3. The number of benzene rings is 1. The lowest BCUT2D eigenvalue weighted by molar-refractivity contribution is 0.411. The van der Waals surface area contributed by atoms with E-state index in [4.69, 9.17) is 11.6 Å². The van der Waals surface area contributed by atoms with Gasteiger partial charge in [-0.15, -0.1) is 0 Å². The fourth-order valence-electron chi connectivity index (χ4n) is 1.72. The van der Waals surface area contributed by atoms with Crippen LogP contribution in [-0.4, -0.2) is 15.1 Å². The lowest BCUT2D eigenvalue weighted by Gasteiger charge is -2.07. The topological polar surface area (TPSA) is 63.8 Å². The first-order valence-corrected chi connectivity index (χ1v) is 5.74. The van der Waals surface area contributed by atoms with Gasteiger partial charge in [0.1, 0.15) is 0 Å². The molecular weight excluding hydrogens is 252 g/mol. The predicted octanol–water partition coefficient (Wildman–Crippen LogP) is 2.88. The molecule has 0 unspecified atom stereocenters. The second kappa shape index (κ2) is 4.62. The van der Waals surface area contributed by atoms with Crippen LogP contribution in [0.4, 0.5) is 5.69 Å². The second-order valence-corrected chi connectivity index (χ2v) is 4.16. The molecule has 0 radical (unpaired) electrons. The van der Waals surface area contributed by atoms with Crippen LogP contribution in [0.1, 0.15) is 5.82 Å². The van der Waals surface area contributed by atoms with E-state index in [-0.39, 0.29) is 0 Å². The number of rotatable bonds is 3. The zero-order valence-electron chi connectivity index (χ0n) is 9.30. The van der Waals surface area contributed by atoms with Crippen molar-refractivity contribution in [1.29, 1.82) is 0 Å². The number of hydrogen-bond acceptors (Lipinski definition) is 5. The summed E-state index contributed by atoms with van der Waals surface area (Å²) in [4.78, 5) is 8.22. The quantitative estimate of drug-likeness (QED) is 0.784. The maximum absolute atomic E-state index is 5.94. The summed E-state index contributed by atoms with van der Waals surface area (Å²) in [6.45, 7) is 0.498. The molecule has 0 spiro atoms. The molecule has 0 saturated carbocycles. The van der Waals surface area contributed by atoms with E-state index in [1.54, 1.807) is 6.20 Å². The molecular formula is C12H9ClN4O. The third-order valence-electron chi connectivity index (χ3n) is 2.55. The standard InChI is InChI=1S/C12H9ClN4O/c13-8-1-2-9-10(3-4-14-11(9)5-8)15-6-12-16-7-18-17-12/h1-5,7H,6H2,(H,14,15). The number of anilines is 1. The summed E-state index contributed by atoms with van der Waals surface area (Å²) in [7, 11) is 0. The molecule has 0 aliphatic carbocycles. The van der Waals surface area contributed by atoms with Crippen LogP contribution in [-0.2, 0) is 6.54 Å². The molecule has 1 aromatic carbocycles. The second-order valence-electron chi connectivity index (χ2n) is 3.72. The van der Waals surface area contributed by atoms with Crippen molar-refractivity contribution in [2.24, 2.45) is 0 Å². The van der Waals surface area contributed by atoms with Gasteiger partial charge in [0.25, 0.3) is 0 Å². The summed E-state index contributed by atoms with van der Waals surface area (Å²) < 4.78 is 4.68. The van der Waals surface area contributed by atoms with Gasteiger partial charge in [0.15, 0.2) is 5.82 Å². The number of pyridine rings is 1. The van der Waals surface area contributed by atoms with E-state index < -0.39 is 0 Å². The van der Waals surface area contributed by atoms with E-state index >= 15 is 0 Å². The van der Waals surface area contributed by atoms with Gasteiger partial charge in [0.2, 0.25) is 6.39 Å². The SMILES string of the molecule is Clc1ccc2c(NCc3ncon3)ccnc2c1. The number of halogens is 1. The van der Waals surface area contributed by atoms with Crippen molar-refractivity contribution >= 4 is 28.2 Å². The monoisotopic (exact) mass is 260 g/mol. The summed E-state index contributed by atoms with van der Waals surface area (Å²) in [6.07, 6.45) is 3.04. The van der Waals surface area contributed by atoms with Gasteiger partial charge in [-0.05, 0) is 24.3 Å². The Hall–Kier alpha value is -2.14. The van der Waals surface area contributed by atoms with Crippen molar-refractivity contribution in [3.05, 3.63) is 47.7 Å². The van der Waals surface area contributed by atoms with Crippen LogP contribution >= 0.6 is 11.6 Å². The van der Waals surface area contributed by atoms with E-state index in [0.717, 1.165) is 16.6 Å². The van der Waals surface area contributed by atoms with Gasteiger partial charge < -0.3 is 9.84 Å². The van der Waals surface area contributed by atoms with Crippen molar-refractivity contribution in [2.75, 3.05) is 5.32 Å². The highest BCUT2D eigenvalue weighted by Crippen LogP contribution is 2.24. The molecule has 2 heterocycles. The largest absolute Gasteiger partial charge is 0.377 e. The van der Waals surface area contributed by atoms with Crippen LogP contribution in [0.2, 0.25) is 5.02 Å². The average Bonchev–Trinajstić information content (AvgIpc) is 2.89. The van der Waals surface area contributed by atoms with Crippen molar-refractivity contribution < 1.29 is 4.52 Å². The summed E-state index contributed by atoms with van der Waals surface area (Å²) >= 11 is 5.94. The Morgan fingerprint density at radius 1 is 1.22 bits per heavy atom. The van der Waals surface area contributed by atoms with Crippen molar-refractivity contribution in [1.82, 2.24) is 15.1 Å². The fraction of sp³-hybridized carbons (Fsp3) is 0.0833. The lowest BCUT2D eigenvalue weighted by Crippen LogP contribution is -2.01.